The van der Waals surface area contributed by atoms with Gasteiger partial charge in [0, 0.05) is 67.5 Å². The van der Waals surface area contributed by atoms with E-state index in [4.69, 9.17) is 5.73 Å². The number of piperazine rings is 1. The van der Waals surface area contributed by atoms with Crippen LogP contribution in [0.25, 0.3) is 0 Å². The molecule has 0 aliphatic carbocycles. The average molecular weight is 597 g/mol. The van der Waals surface area contributed by atoms with Gasteiger partial charge in [-0.25, -0.2) is 4.39 Å². The van der Waals surface area contributed by atoms with Crippen molar-refractivity contribution < 1.29 is 23.6 Å². The maximum atomic E-state index is 15.2. The number of piperidine rings is 1. The van der Waals surface area contributed by atoms with E-state index in [9.17, 15) is 19.2 Å². The molecule has 44 heavy (non-hydrogen) atoms. The second-order valence-corrected chi connectivity index (χ2v) is 11.3. The number of hydrogen-bond donors (Lipinski definition) is 3. The molecule has 0 aromatic heterocycles. The number of rotatable bonds is 8. The van der Waals surface area contributed by atoms with Crippen LogP contribution in [0.3, 0.4) is 0 Å². The summed E-state index contributed by atoms with van der Waals surface area (Å²) in [6.45, 7) is 7.71. The largest absolute Gasteiger partial charge is 0.380 e. The Bertz CT molecular complexity index is 1670. The summed E-state index contributed by atoms with van der Waals surface area (Å²) >= 11 is 0. The second kappa shape index (κ2) is 11.9. The predicted molar refractivity (Wildman–Crippen MR) is 163 cm³/mol. The highest BCUT2D eigenvalue weighted by Gasteiger charge is 2.45. The maximum Gasteiger partial charge on any atom is 0.264 e. The molecule has 2 fully saturated rings. The van der Waals surface area contributed by atoms with Gasteiger partial charge in [-0.15, -0.1) is 0 Å². The van der Waals surface area contributed by atoms with E-state index in [2.05, 4.69) is 27.0 Å². The van der Waals surface area contributed by atoms with Gasteiger partial charge >= 0.3 is 0 Å². The number of anilines is 2. The number of nitrogens with two attached hydrogens (primary N) is 1. The Morgan fingerprint density at radius 3 is 2.43 bits per heavy atom. The van der Waals surface area contributed by atoms with Crippen molar-refractivity contribution in [2.45, 2.75) is 32.0 Å². The van der Waals surface area contributed by atoms with Crippen LogP contribution in [0, 0.1) is 5.82 Å². The fraction of sp³-hybridized carbons (Fsp3) is 0.273. The van der Waals surface area contributed by atoms with Gasteiger partial charge in [0.1, 0.15) is 11.9 Å². The zero-order valence-electron chi connectivity index (χ0n) is 24.1. The van der Waals surface area contributed by atoms with Crippen molar-refractivity contribution in [3.8, 4) is 0 Å². The highest BCUT2D eigenvalue weighted by molar-refractivity contribution is 6.25. The van der Waals surface area contributed by atoms with Crippen LogP contribution in [-0.2, 0) is 17.9 Å². The Balaban J connectivity index is 1.06. The molecule has 1 atom stereocenters. The Hall–Kier alpha value is -5.03. The number of carbonyl (C=O) groups is 4. The van der Waals surface area contributed by atoms with E-state index in [1.165, 1.54) is 6.07 Å². The van der Waals surface area contributed by atoms with Crippen LogP contribution >= 0.6 is 0 Å². The predicted octanol–water partition coefficient (Wildman–Crippen LogP) is 3.25. The van der Waals surface area contributed by atoms with Gasteiger partial charge in [0.15, 0.2) is 0 Å². The van der Waals surface area contributed by atoms with Crippen LogP contribution < -0.4 is 21.3 Å². The summed E-state index contributed by atoms with van der Waals surface area (Å²) in [5.41, 5.74) is 9.51. The van der Waals surface area contributed by atoms with E-state index in [1.54, 1.807) is 36.4 Å². The molecule has 11 heteroatoms. The molecule has 0 radical (unpaired) electrons. The molecule has 3 heterocycles. The lowest BCUT2D eigenvalue weighted by Crippen LogP contribution is -2.51. The molecule has 1 unspecified atom stereocenters. The third kappa shape index (κ3) is 5.66. The van der Waals surface area contributed by atoms with Gasteiger partial charge in [0.2, 0.25) is 11.8 Å². The number of nitrogens with zero attached hydrogens (tertiary/aromatic N) is 3. The number of amides is 4. The van der Waals surface area contributed by atoms with Gasteiger partial charge in [-0.1, -0.05) is 24.8 Å². The summed E-state index contributed by atoms with van der Waals surface area (Å²) in [6, 6.07) is 16.4. The monoisotopic (exact) mass is 596 g/mol. The van der Waals surface area contributed by atoms with Crippen LogP contribution in [0.15, 0.2) is 72.9 Å². The van der Waals surface area contributed by atoms with Crippen molar-refractivity contribution in [2.24, 2.45) is 5.73 Å². The standard InChI is InChI=1S/C33H33FN6O4/c1-20-5-12-28(31(42)37-20)40-32(43)25-3-2-4-27(29(25)33(40)44)36-18-23-7-6-21(17-26(23)34)19-38-13-15-39(16-14-38)24-10-8-22(9-11-24)30(35)41/h2-4,6-11,17,28,36H,1,5,12-16,18-19H2,(H2,35,41)(H,37,42). The smallest absolute Gasteiger partial charge is 0.264 e. The third-order valence-corrected chi connectivity index (χ3v) is 8.46. The van der Waals surface area contributed by atoms with Gasteiger partial charge in [0.25, 0.3) is 11.8 Å². The third-order valence-electron chi connectivity index (χ3n) is 8.46. The van der Waals surface area contributed by atoms with Crippen LogP contribution in [0.5, 0.6) is 0 Å². The van der Waals surface area contributed by atoms with Gasteiger partial charge in [0.05, 0.1) is 11.1 Å². The molecule has 4 amide bonds. The van der Waals surface area contributed by atoms with E-state index < -0.39 is 29.7 Å². The number of halogens is 1. The Morgan fingerprint density at radius 2 is 1.75 bits per heavy atom. The molecule has 0 spiro atoms. The summed E-state index contributed by atoms with van der Waals surface area (Å²) < 4.78 is 15.2. The molecule has 10 nitrogen and oxygen atoms in total. The highest BCUT2D eigenvalue weighted by Crippen LogP contribution is 2.33. The number of fused-ring (bicyclic) bond motifs is 1. The summed E-state index contributed by atoms with van der Waals surface area (Å²) in [6.07, 6.45) is 0.798. The summed E-state index contributed by atoms with van der Waals surface area (Å²) in [5, 5.41) is 5.76. The average Bonchev–Trinajstić information content (AvgIpc) is 3.27. The first-order chi connectivity index (χ1) is 21.2. The molecule has 3 aromatic rings. The fourth-order valence-electron chi connectivity index (χ4n) is 6.02. The van der Waals surface area contributed by atoms with Gasteiger partial charge in [-0.3, -0.25) is 29.0 Å². The minimum Gasteiger partial charge on any atom is -0.380 e. The SMILES string of the molecule is C=C1CCC(N2C(=O)c3cccc(NCc4ccc(CN5CCN(c6ccc(C(N)=O)cc6)CC5)cc4F)c3C2=O)C(=O)N1. The van der Waals surface area contributed by atoms with Crippen LogP contribution in [0.4, 0.5) is 15.8 Å². The van der Waals surface area contributed by atoms with Crippen molar-refractivity contribution >= 4 is 35.0 Å². The van der Waals surface area contributed by atoms with E-state index in [0.29, 0.717) is 41.9 Å². The first-order valence-corrected chi connectivity index (χ1v) is 14.6. The molecule has 0 bridgehead atoms. The molecule has 6 rings (SSSR count). The minimum atomic E-state index is -0.899. The lowest BCUT2D eigenvalue weighted by molar-refractivity contribution is -0.125. The molecular weight excluding hydrogens is 563 g/mol. The number of imide groups is 1. The molecule has 3 aromatic carbocycles. The first-order valence-electron chi connectivity index (χ1n) is 14.6. The van der Waals surface area contributed by atoms with Crippen molar-refractivity contribution in [3.63, 3.8) is 0 Å². The molecule has 0 saturated carbocycles. The Labute approximate surface area is 254 Å². The number of hydrogen-bond acceptors (Lipinski definition) is 7. The van der Waals surface area contributed by atoms with E-state index in [1.807, 2.05) is 18.2 Å². The summed E-state index contributed by atoms with van der Waals surface area (Å²) in [5.74, 6) is -2.29. The zero-order valence-corrected chi connectivity index (χ0v) is 24.1. The quantitative estimate of drug-likeness (QED) is 0.341. The van der Waals surface area contributed by atoms with Gasteiger partial charge in [-0.2, -0.15) is 0 Å². The van der Waals surface area contributed by atoms with Crippen molar-refractivity contribution in [1.29, 1.82) is 0 Å². The molecule has 2 saturated heterocycles. The number of carbonyl (C=O) groups excluding carboxylic acids is 4. The van der Waals surface area contributed by atoms with E-state index in [0.717, 1.165) is 42.3 Å². The van der Waals surface area contributed by atoms with E-state index >= 15 is 4.39 Å². The molecule has 226 valence electrons. The molecular formula is C33H33FN6O4. The number of primary amides is 1. The van der Waals surface area contributed by atoms with Crippen LogP contribution in [0.2, 0.25) is 0 Å². The Morgan fingerprint density at radius 1 is 1.00 bits per heavy atom. The topological polar surface area (TPSA) is 128 Å². The van der Waals surface area contributed by atoms with Crippen molar-refractivity contribution in [1.82, 2.24) is 15.1 Å². The zero-order chi connectivity index (χ0) is 31.0. The van der Waals surface area contributed by atoms with Crippen LogP contribution in [-0.4, -0.2) is 65.6 Å². The lowest BCUT2D eigenvalue weighted by Gasteiger charge is -2.36. The summed E-state index contributed by atoms with van der Waals surface area (Å²) in [7, 11) is 0. The molecule has 3 aliphatic rings. The molecule has 4 N–H and O–H groups in total. The fourth-order valence-corrected chi connectivity index (χ4v) is 6.02. The van der Waals surface area contributed by atoms with E-state index in [-0.39, 0.29) is 23.5 Å². The minimum absolute atomic E-state index is 0.112. The highest BCUT2D eigenvalue weighted by atomic mass is 19.1. The van der Waals surface area contributed by atoms with Crippen LogP contribution in [0.1, 0.15) is 55.0 Å². The normalized spacial score (nSPS) is 18.8. The van der Waals surface area contributed by atoms with Gasteiger partial charge in [-0.05, 0) is 60.9 Å². The van der Waals surface area contributed by atoms with Crippen molar-refractivity contribution in [3.05, 3.63) is 107 Å². The number of allylic oxidation sites excluding steroid dienone is 1. The lowest BCUT2D eigenvalue weighted by atomic mass is 10.0. The summed E-state index contributed by atoms with van der Waals surface area (Å²) in [4.78, 5) is 55.9. The Kier molecular flexibility index (Phi) is 7.88. The van der Waals surface area contributed by atoms with Crippen molar-refractivity contribution in [2.75, 3.05) is 36.4 Å². The second-order valence-electron chi connectivity index (χ2n) is 11.3. The molecule has 3 aliphatic heterocycles. The van der Waals surface area contributed by atoms with Gasteiger partial charge < -0.3 is 21.3 Å². The number of benzene rings is 3. The first kappa shape index (κ1) is 29.1. The maximum absolute atomic E-state index is 15.2. The number of nitrogens with one attached hydrogen (secondary N) is 2.